The summed E-state index contributed by atoms with van der Waals surface area (Å²) in [5, 5.41) is 4.42. The van der Waals surface area contributed by atoms with E-state index in [1.165, 1.54) is 17.0 Å². The smallest absolute Gasteiger partial charge is 0.246 e. The van der Waals surface area contributed by atoms with Gasteiger partial charge in [-0.05, 0) is 49.1 Å². The molecule has 0 bridgehead atoms. The Kier molecular flexibility index (Phi) is 4.15. The SMILES string of the molecule is C=CC(=O)N1CC(C(=O)NC2CCCc3c2[nH]c2ccc(Br)cc32)C1. The lowest BCUT2D eigenvalue weighted by molar-refractivity contribution is -0.139. The lowest BCUT2D eigenvalue weighted by atomic mass is 9.90. The normalized spacial score (nSPS) is 20.0. The number of aromatic amines is 1. The molecule has 0 radical (unpaired) electrons. The number of hydrogen-bond acceptors (Lipinski definition) is 2. The number of H-pyrrole nitrogens is 1. The van der Waals surface area contributed by atoms with Crippen molar-refractivity contribution in [3.8, 4) is 0 Å². The highest BCUT2D eigenvalue weighted by molar-refractivity contribution is 9.10. The molecule has 2 aliphatic rings. The van der Waals surface area contributed by atoms with E-state index in [9.17, 15) is 9.59 Å². The number of amides is 2. The summed E-state index contributed by atoms with van der Waals surface area (Å²) in [6, 6.07) is 6.25. The van der Waals surface area contributed by atoms with Crippen LogP contribution in [0.5, 0.6) is 0 Å². The van der Waals surface area contributed by atoms with Gasteiger partial charge in [-0.15, -0.1) is 0 Å². The van der Waals surface area contributed by atoms with Gasteiger partial charge in [0, 0.05) is 34.2 Å². The van der Waals surface area contributed by atoms with Crippen molar-refractivity contribution in [3.63, 3.8) is 0 Å². The van der Waals surface area contributed by atoms with E-state index < -0.39 is 0 Å². The quantitative estimate of drug-likeness (QED) is 0.776. The monoisotopic (exact) mass is 401 g/mol. The summed E-state index contributed by atoms with van der Waals surface area (Å²) >= 11 is 3.54. The average molecular weight is 402 g/mol. The second-order valence-electron chi connectivity index (χ2n) is 6.80. The molecule has 1 aliphatic carbocycles. The Hall–Kier alpha value is -2.08. The van der Waals surface area contributed by atoms with Crippen LogP contribution in [0.25, 0.3) is 10.9 Å². The summed E-state index contributed by atoms with van der Waals surface area (Å²) in [5.41, 5.74) is 3.55. The number of nitrogens with one attached hydrogen (secondary N) is 2. The molecule has 2 amide bonds. The molecule has 2 aromatic rings. The van der Waals surface area contributed by atoms with Crippen molar-refractivity contribution in [1.29, 1.82) is 0 Å². The van der Waals surface area contributed by atoms with Gasteiger partial charge in [0.25, 0.3) is 0 Å². The number of benzene rings is 1. The maximum atomic E-state index is 12.5. The average Bonchev–Trinajstić information content (AvgIpc) is 2.92. The van der Waals surface area contributed by atoms with Gasteiger partial charge in [0.05, 0.1) is 12.0 Å². The standard InChI is InChI=1S/C19H20BrN3O2/c1-2-17(24)23-9-11(10-23)19(25)22-16-5-3-4-13-14-8-12(20)6-7-15(14)21-18(13)16/h2,6-8,11,16,21H,1,3-5,9-10H2,(H,22,25). The van der Waals surface area contributed by atoms with E-state index in [0.29, 0.717) is 13.1 Å². The van der Waals surface area contributed by atoms with Crippen LogP contribution in [0.1, 0.15) is 30.1 Å². The minimum absolute atomic E-state index is 0.0200. The number of aromatic nitrogens is 1. The molecule has 1 aromatic heterocycles. The zero-order valence-electron chi connectivity index (χ0n) is 13.8. The fourth-order valence-corrected chi connectivity index (χ4v) is 4.18. The summed E-state index contributed by atoms with van der Waals surface area (Å²) in [6.45, 7) is 4.44. The van der Waals surface area contributed by atoms with Crippen molar-refractivity contribution in [2.24, 2.45) is 5.92 Å². The molecule has 1 saturated heterocycles. The molecule has 1 unspecified atom stereocenters. The highest BCUT2D eigenvalue weighted by Gasteiger charge is 2.36. The van der Waals surface area contributed by atoms with Crippen molar-refractivity contribution in [2.75, 3.05) is 13.1 Å². The number of carbonyl (C=O) groups is 2. The van der Waals surface area contributed by atoms with E-state index in [1.807, 2.05) is 6.07 Å². The molecule has 5 nitrogen and oxygen atoms in total. The first-order valence-corrected chi connectivity index (χ1v) is 9.38. The minimum atomic E-state index is -0.118. The molecule has 0 spiro atoms. The Morgan fingerprint density at radius 2 is 2.16 bits per heavy atom. The Bertz CT molecular complexity index is 867. The van der Waals surface area contributed by atoms with Crippen molar-refractivity contribution in [3.05, 3.63) is 46.6 Å². The molecule has 25 heavy (non-hydrogen) atoms. The van der Waals surface area contributed by atoms with Crippen molar-refractivity contribution in [2.45, 2.75) is 25.3 Å². The predicted octanol–water partition coefficient (Wildman–Crippen LogP) is 3.07. The Morgan fingerprint density at radius 3 is 2.92 bits per heavy atom. The zero-order chi connectivity index (χ0) is 17.6. The maximum absolute atomic E-state index is 12.5. The van der Waals surface area contributed by atoms with E-state index in [4.69, 9.17) is 0 Å². The number of rotatable bonds is 3. The van der Waals surface area contributed by atoms with Gasteiger partial charge in [0.15, 0.2) is 0 Å². The number of hydrogen-bond donors (Lipinski definition) is 2. The van der Waals surface area contributed by atoms with Gasteiger partial charge < -0.3 is 15.2 Å². The lowest BCUT2D eigenvalue weighted by Crippen LogP contribution is -2.55. The molecule has 1 aromatic carbocycles. The first kappa shape index (κ1) is 16.4. The van der Waals surface area contributed by atoms with Crippen LogP contribution >= 0.6 is 15.9 Å². The topological polar surface area (TPSA) is 65.2 Å². The number of carbonyl (C=O) groups excluding carboxylic acids is 2. The number of nitrogens with zero attached hydrogens (tertiary/aromatic N) is 1. The fraction of sp³-hybridized carbons (Fsp3) is 0.368. The molecule has 1 atom stereocenters. The lowest BCUT2D eigenvalue weighted by Gasteiger charge is -2.38. The summed E-state index contributed by atoms with van der Waals surface area (Å²) in [5.74, 6) is -0.191. The fourth-order valence-electron chi connectivity index (χ4n) is 3.82. The molecule has 0 saturated carbocycles. The molecule has 2 heterocycles. The van der Waals surface area contributed by atoms with Crippen LogP contribution < -0.4 is 5.32 Å². The van der Waals surface area contributed by atoms with Crippen molar-refractivity contribution < 1.29 is 9.59 Å². The van der Waals surface area contributed by atoms with Gasteiger partial charge >= 0.3 is 0 Å². The van der Waals surface area contributed by atoms with Crippen LogP contribution in [-0.2, 0) is 16.0 Å². The number of halogens is 1. The van der Waals surface area contributed by atoms with Gasteiger partial charge in [-0.2, -0.15) is 0 Å². The third-order valence-electron chi connectivity index (χ3n) is 5.22. The van der Waals surface area contributed by atoms with Crippen LogP contribution in [0.2, 0.25) is 0 Å². The zero-order valence-corrected chi connectivity index (χ0v) is 15.4. The van der Waals surface area contributed by atoms with Gasteiger partial charge in [-0.25, -0.2) is 0 Å². The molecule has 2 N–H and O–H groups in total. The second kappa shape index (κ2) is 6.33. The summed E-state index contributed by atoms with van der Waals surface area (Å²) < 4.78 is 1.06. The van der Waals surface area contributed by atoms with E-state index in [1.54, 1.807) is 4.90 Å². The molecular formula is C19H20BrN3O2. The van der Waals surface area contributed by atoms with Crippen LogP contribution in [0.3, 0.4) is 0 Å². The highest BCUT2D eigenvalue weighted by atomic mass is 79.9. The van der Waals surface area contributed by atoms with Gasteiger partial charge in [-0.1, -0.05) is 22.5 Å². The van der Waals surface area contributed by atoms with E-state index >= 15 is 0 Å². The summed E-state index contributed by atoms with van der Waals surface area (Å²) in [6.07, 6.45) is 4.32. The van der Waals surface area contributed by atoms with Gasteiger partial charge in [-0.3, -0.25) is 9.59 Å². The summed E-state index contributed by atoms with van der Waals surface area (Å²) in [7, 11) is 0. The van der Waals surface area contributed by atoms with Crippen LogP contribution in [-0.4, -0.2) is 34.8 Å². The molecule has 130 valence electrons. The number of aryl methyl sites for hydroxylation is 1. The largest absolute Gasteiger partial charge is 0.356 e. The van der Waals surface area contributed by atoms with E-state index in [2.05, 4.69) is 44.9 Å². The van der Waals surface area contributed by atoms with Gasteiger partial charge in [0.2, 0.25) is 11.8 Å². The van der Waals surface area contributed by atoms with Crippen LogP contribution in [0.4, 0.5) is 0 Å². The third-order valence-corrected chi connectivity index (χ3v) is 5.72. The van der Waals surface area contributed by atoms with E-state index in [0.717, 1.165) is 34.9 Å². The second-order valence-corrected chi connectivity index (χ2v) is 7.72. The highest BCUT2D eigenvalue weighted by Crippen LogP contribution is 2.36. The third kappa shape index (κ3) is 2.88. The van der Waals surface area contributed by atoms with Crippen LogP contribution in [0, 0.1) is 5.92 Å². The molecule has 4 rings (SSSR count). The molecule has 1 aliphatic heterocycles. The maximum Gasteiger partial charge on any atom is 0.246 e. The number of likely N-dealkylation sites (tertiary alicyclic amines) is 1. The molecule has 6 heteroatoms. The Morgan fingerprint density at radius 1 is 1.36 bits per heavy atom. The van der Waals surface area contributed by atoms with Crippen molar-refractivity contribution >= 4 is 38.6 Å². The van der Waals surface area contributed by atoms with E-state index in [-0.39, 0.29) is 23.8 Å². The number of fused-ring (bicyclic) bond motifs is 3. The first-order chi connectivity index (χ1) is 12.1. The Balaban J connectivity index is 1.50. The predicted molar refractivity (Wildman–Crippen MR) is 100 cm³/mol. The Labute approximate surface area is 154 Å². The molecular weight excluding hydrogens is 382 g/mol. The van der Waals surface area contributed by atoms with Crippen LogP contribution in [0.15, 0.2) is 35.3 Å². The molecule has 1 fully saturated rings. The first-order valence-electron chi connectivity index (χ1n) is 8.58. The summed E-state index contributed by atoms with van der Waals surface area (Å²) in [4.78, 5) is 29.2. The minimum Gasteiger partial charge on any atom is -0.356 e. The van der Waals surface area contributed by atoms with Gasteiger partial charge in [0.1, 0.15) is 0 Å². The van der Waals surface area contributed by atoms with Crippen molar-refractivity contribution in [1.82, 2.24) is 15.2 Å².